The van der Waals surface area contributed by atoms with Gasteiger partial charge >= 0.3 is 0 Å². The van der Waals surface area contributed by atoms with Crippen molar-refractivity contribution >= 4 is 21.5 Å². The number of carbonyl (C=O) groups excluding carboxylic acids is 1. The number of nitrogens with zero attached hydrogens (tertiary/aromatic N) is 2. The predicted octanol–water partition coefficient (Wildman–Crippen LogP) is 3.17. The molecule has 0 amide bonds. The van der Waals surface area contributed by atoms with E-state index in [1.165, 1.54) is 23.4 Å². The fourth-order valence-corrected chi connectivity index (χ4v) is 3.92. The van der Waals surface area contributed by atoms with Gasteiger partial charge in [-0.1, -0.05) is 31.2 Å². The van der Waals surface area contributed by atoms with Gasteiger partial charge in [-0.15, -0.1) is 0 Å². The lowest BCUT2D eigenvalue weighted by Crippen LogP contribution is -2.30. The zero-order valence-corrected chi connectivity index (χ0v) is 15.9. The first kappa shape index (κ1) is 19.1. The van der Waals surface area contributed by atoms with E-state index in [-0.39, 0.29) is 10.7 Å². The molecule has 134 valence electrons. The van der Waals surface area contributed by atoms with Crippen molar-refractivity contribution in [3.63, 3.8) is 0 Å². The van der Waals surface area contributed by atoms with Crippen LogP contribution in [0.2, 0.25) is 0 Å². The number of hydrogen-bond acceptors (Lipinski definition) is 4. The second-order valence-electron chi connectivity index (χ2n) is 6.07. The molecular weight excluding hydrogens is 336 g/mol. The first-order valence-corrected chi connectivity index (χ1v) is 9.57. The van der Waals surface area contributed by atoms with Crippen LogP contribution in [0.15, 0.2) is 53.4 Å². The molecule has 0 aromatic heterocycles. The number of sulfonamides is 1. The molecule has 25 heavy (non-hydrogen) atoms. The highest BCUT2D eigenvalue weighted by Crippen LogP contribution is 2.20. The number of ketones is 1. The fourth-order valence-electron chi connectivity index (χ4n) is 2.48. The zero-order valence-electron chi connectivity index (χ0n) is 15.1. The Balaban J connectivity index is 2.24. The molecule has 0 heterocycles. The molecular formula is C19H24N2O3S. The molecule has 2 aromatic rings. The van der Waals surface area contributed by atoms with Crippen molar-refractivity contribution in [1.82, 2.24) is 4.31 Å². The molecule has 0 N–H and O–H groups in total. The van der Waals surface area contributed by atoms with Crippen LogP contribution in [0.3, 0.4) is 0 Å². The van der Waals surface area contributed by atoms with Crippen molar-refractivity contribution in [3.8, 4) is 0 Å². The number of carbonyl (C=O) groups is 1. The van der Waals surface area contributed by atoms with Crippen molar-refractivity contribution < 1.29 is 13.2 Å². The van der Waals surface area contributed by atoms with E-state index in [0.717, 1.165) is 11.3 Å². The lowest BCUT2D eigenvalue weighted by Gasteiger charge is -2.21. The van der Waals surface area contributed by atoms with Crippen LogP contribution in [0.1, 0.15) is 29.8 Å². The Hall–Kier alpha value is -2.18. The quantitative estimate of drug-likeness (QED) is 0.712. The third-order valence-electron chi connectivity index (χ3n) is 4.06. The maximum absolute atomic E-state index is 12.9. The third kappa shape index (κ3) is 4.46. The van der Waals surface area contributed by atoms with Gasteiger partial charge in [0.25, 0.3) is 0 Å². The molecule has 0 unspecified atom stereocenters. The number of anilines is 1. The zero-order chi connectivity index (χ0) is 18.6. The molecule has 0 bridgehead atoms. The molecule has 6 heteroatoms. The van der Waals surface area contributed by atoms with Crippen LogP contribution in [-0.4, -0.2) is 39.1 Å². The van der Waals surface area contributed by atoms with E-state index in [0.29, 0.717) is 18.7 Å². The molecule has 0 fully saturated rings. The van der Waals surface area contributed by atoms with Crippen molar-refractivity contribution in [2.75, 3.05) is 25.5 Å². The summed E-state index contributed by atoms with van der Waals surface area (Å²) in [5.74, 6) is -0.0859. The Morgan fingerprint density at radius 3 is 1.96 bits per heavy atom. The Labute approximate surface area is 149 Å². The minimum Gasteiger partial charge on any atom is -0.378 e. The maximum atomic E-state index is 12.9. The Bertz CT molecular complexity index is 826. The fraction of sp³-hybridized carbons (Fsp3) is 0.316. The van der Waals surface area contributed by atoms with Crippen LogP contribution in [-0.2, 0) is 16.6 Å². The molecule has 0 aliphatic rings. The number of rotatable bonds is 7. The summed E-state index contributed by atoms with van der Waals surface area (Å²) < 4.78 is 27.1. The van der Waals surface area contributed by atoms with E-state index in [4.69, 9.17) is 0 Å². The first-order valence-electron chi connectivity index (χ1n) is 8.13. The van der Waals surface area contributed by atoms with Crippen molar-refractivity contribution in [2.24, 2.45) is 0 Å². The Morgan fingerprint density at radius 2 is 1.52 bits per heavy atom. The van der Waals surface area contributed by atoms with Crippen molar-refractivity contribution in [2.45, 2.75) is 25.3 Å². The molecule has 0 radical (unpaired) electrons. The van der Waals surface area contributed by atoms with Crippen molar-refractivity contribution in [1.29, 1.82) is 0 Å². The second kappa shape index (κ2) is 7.80. The normalized spacial score (nSPS) is 11.6. The molecule has 2 rings (SSSR count). The SMILES string of the molecule is CCN(Cc1ccc(N(C)C)cc1)S(=O)(=O)c1ccc(C(C)=O)cc1. The van der Waals surface area contributed by atoms with Gasteiger partial charge in [-0.2, -0.15) is 4.31 Å². The number of Topliss-reactive ketones (excluding diaryl/α,β-unsaturated/α-hetero) is 1. The summed E-state index contributed by atoms with van der Waals surface area (Å²) in [4.78, 5) is 13.5. The van der Waals surface area contributed by atoms with Gasteiger partial charge in [-0.25, -0.2) is 8.42 Å². The summed E-state index contributed by atoms with van der Waals surface area (Å²) in [7, 11) is 0.315. The van der Waals surface area contributed by atoms with Gasteiger partial charge in [0.05, 0.1) is 4.90 Å². The summed E-state index contributed by atoms with van der Waals surface area (Å²) >= 11 is 0. The van der Waals surface area contributed by atoms with E-state index >= 15 is 0 Å². The minimum atomic E-state index is -3.61. The van der Waals surface area contributed by atoms with E-state index in [1.807, 2.05) is 50.2 Å². The molecule has 0 aliphatic carbocycles. The van der Waals surface area contributed by atoms with Crippen LogP contribution < -0.4 is 4.90 Å². The Morgan fingerprint density at radius 1 is 0.960 bits per heavy atom. The van der Waals surface area contributed by atoms with Crippen LogP contribution in [0.4, 0.5) is 5.69 Å². The monoisotopic (exact) mass is 360 g/mol. The summed E-state index contributed by atoms with van der Waals surface area (Å²) in [5.41, 5.74) is 2.49. The highest BCUT2D eigenvalue weighted by Gasteiger charge is 2.23. The van der Waals surface area contributed by atoms with Gasteiger partial charge in [0, 0.05) is 38.4 Å². The van der Waals surface area contributed by atoms with E-state index in [1.54, 1.807) is 12.1 Å². The van der Waals surface area contributed by atoms with E-state index < -0.39 is 10.0 Å². The van der Waals surface area contributed by atoms with E-state index in [9.17, 15) is 13.2 Å². The average Bonchev–Trinajstić information content (AvgIpc) is 2.59. The predicted molar refractivity (Wildman–Crippen MR) is 100 cm³/mol. The molecule has 0 atom stereocenters. The lowest BCUT2D eigenvalue weighted by molar-refractivity contribution is 0.101. The summed E-state index contributed by atoms with van der Waals surface area (Å²) in [6.07, 6.45) is 0. The Kier molecular flexibility index (Phi) is 5.98. The highest BCUT2D eigenvalue weighted by molar-refractivity contribution is 7.89. The standard InChI is InChI=1S/C19H24N2O3S/c1-5-21(14-16-6-10-18(11-7-16)20(3)4)25(23,24)19-12-8-17(9-13-19)15(2)22/h6-13H,5,14H2,1-4H3. The van der Waals surface area contributed by atoms with Gasteiger partial charge in [-0.05, 0) is 36.8 Å². The topological polar surface area (TPSA) is 57.7 Å². The molecule has 0 spiro atoms. The molecule has 0 saturated heterocycles. The summed E-state index contributed by atoms with van der Waals surface area (Å²) in [6.45, 7) is 3.95. The lowest BCUT2D eigenvalue weighted by atomic mass is 10.2. The third-order valence-corrected chi connectivity index (χ3v) is 6.00. The van der Waals surface area contributed by atoms with Crippen LogP contribution >= 0.6 is 0 Å². The molecule has 5 nitrogen and oxygen atoms in total. The highest BCUT2D eigenvalue weighted by atomic mass is 32.2. The van der Waals surface area contributed by atoms with Gasteiger partial charge in [0.15, 0.2) is 5.78 Å². The second-order valence-corrected chi connectivity index (χ2v) is 8.01. The van der Waals surface area contributed by atoms with Gasteiger partial charge < -0.3 is 4.90 Å². The smallest absolute Gasteiger partial charge is 0.243 e. The van der Waals surface area contributed by atoms with Crippen LogP contribution in [0.25, 0.3) is 0 Å². The van der Waals surface area contributed by atoms with Crippen LogP contribution in [0.5, 0.6) is 0 Å². The number of benzene rings is 2. The minimum absolute atomic E-state index is 0.0859. The summed E-state index contributed by atoms with van der Waals surface area (Å²) in [6, 6.07) is 13.9. The molecule has 0 aliphatic heterocycles. The van der Waals surface area contributed by atoms with Gasteiger partial charge in [0.1, 0.15) is 0 Å². The molecule has 0 saturated carbocycles. The van der Waals surface area contributed by atoms with Gasteiger partial charge in [0.2, 0.25) is 10.0 Å². The first-order chi connectivity index (χ1) is 11.8. The van der Waals surface area contributed by atoms with Gasteiger partial charge in [-0.3, -0.25) is 4.79 Å². The number of hydrogen-bond donors (Lipinski definition) is 0. The van der Waals surface area contributed by atoms with Crippen LogP contribution in [0, 0.1) is 0 Å². The largest absolute Gasteiger partial charge is 0.378 e. The summed E-state index contributed by atoms with van der Waals surface area (Å²) in [5, 5.41) is 0. The average molecular weight is 360 g/mol. The maximum Gasteiger partial charge on any atom is 0.243 e. The van der Waals surface area contributed by atoms with E-state index in [2.05, 4.69) is 0 Å². The van der Waals surface area contributed by atoms with Crippen molar-refractivity contribution in [3.05, 3.63) is 59.7 Å². The molecule has 2 aromatic carbocycles.